The van der Waals surface area contributed by atoms with E-state index in [1.165, 1.54) is 11.1 Å². The molecule has 0 aliphatic carbocycles. The third-order valence-corrected chi connectivity index (χ3v) is 6.38. The molecule has 5 aromatic rings. The summed E-state index contributed by atoms with van der Waals surface area (Å²) < 4.78 is 7.13. The van der Waals surface area contributed by atoms with E-state index in [-0.39, 0.29) is 5.75 Å². The molecule has 0 saturated heterocycles. The molecule has 0 unspecified atom stereocenters. The van der Waals surface area contributed by atoms with E-state index in [2.05, 4.69) is 65.2 Å². The van der Waals surface area contributed by atoms with Crippen molar-refractivity contribution in [3.05, 3.63) is 90.9 Å². The SMILES string of the molecule is CCN(C)Cc1ccccc1-c1ccc(-c2ncc3ncn(-c4ccc(OC)cc4)c3c2O)cc1. The van der Waals surface area contributed by atoms with Crippen molar-refractivity contribution in [3.63, 3.8) is 0 Å². The quantitative estimate of drug-likeness (QED) is 0.324. The van der Waals surface area contributed by atoms with Crippen LogP contribution in [0.25, 0.3) is 39.1 Å². The van der Waals surface area contributed by atoms with Gasteiger partial charge in [-0.25, -0.2) is 9.97 Å². The lowest BCUT2D eigenvalue weighted by atomic mass is 9.97. The first-order valence-corrected chi connectivity index (χ1v) is 11.7. The van der Waals surface area contributed by atoms with Crippen LogP contribution in [0.3, 0.4) is 0 Å². The molecule has 0 spiro atoms. The molecule has 35 heavy (non-hydrogen) atoms. The number of fused-ring (bicyclic) bond motifs is 1. The highest BCUT2D eigenvalue weighted by molar-refractivity contribution is 5.89. The number of ether oxygens (including phenoxy) is 1. The van der Waals surface area contributed by atoms with Gasteiger partial charge in [0.1, 0.15) is 28.8 Å². The predicted molar refractivity (Wildman–Crippen MR) is 140 cm³/mol. The number of hydrogen-bond acceptors (Lipinski definition) is 5. The van der Waals surface area contributed by atoms with Gasteiger partial charge in [-0.05, 0) is 54.5 Å². The van der Waals surface area contributed by atoms with Crippen molar-refractivity contribution in [2.75, 3.05) is 20.7 Å². The van der Waals surface area contributed by atoms with E-state index in [0.717, 1.165) is 35.7 Å². The fraction of sp³-hybridized carbons (Fsp3) is 0.172. The maximum Gasteiger partial charge on any atom is 0.168 e. The van der Waals surface area contributed by atoms with Crippen LogP contribution in [0, 0.1) is 0 Å². The molecule has 0 radical (unpaired) electrons. The minimum atomic E-state index is 0.105. The van der Waals surface area contributed by atoms with Crippen LogP contribution in [0.15, 0.2) is 85.3 Å². The number of benzene rings is 3. The summed E-state index contributed by atoms with van der Waals surface area (Å²) in [4.78, 5) is 11.2. The minimum Gasteiger partial charge on any atom is -0.504 e. The number of nitrogens with zero attached hydrogens (tertiary/aromatic N) is 4. The summed E-state index contributed by atoms with van der Waals surface area (Å²) in [5, 5.41) is 11.2. The number of pyridine rings is 1. The van der Waals surface area contributed by atoms with Gasteiger partial charge < -0.3 is 14.7 Å². The summed E-state index contributed by atoms with van der Waals surface area (Å²) in [6.07, 6.45) is 3.40. The van der Waals surface area contributed by atoms with E-state index in [1.807, 2.05) is 41.0 Å². The molecule has 1 N–H and O–H groups in total. The molecule has 5 rings (SSSR count). The molecule has 176 valence electrons. The Morgan fingerprint density at radius 3 is 2.34 bits per heavy atom. The number of hydrogen-bond donors (Lipinski definition) is 1. The minimum absolute atomic E-state index is 0.105. The van der Waals surface area contributed by atoms with Crippen LogP contribution in [0.2, 0.25) is 0 Å². The smallest absolute Gasteiger partial charge is 0.168 e. The van der Waals surface area contributed by atoms with E-state index in [1.54, 1.807) is 19.6 Å². The third kappa shape index (κ3) is 4.36. The molecule has 2 heterocycles. The zero-order valence-electron chi connectivity index (χ0n) is 20.1. The standard InChI is InChI=1S/C29H28N4O2/c1-4-32(2)18-22-7-5-6-8-25(22)20-9-11-21(12-10-20)27-29(34)28-26(17-30-27)31-19-33(28)23-13-15-24(35-3)16-14-23/h5-17,19,34H,4,18H2,1-3H3. The predicted octanol–water partition coefficient (Wildman–Crippen LogP) is 5.92. The van der Waals surface area contributed by atoms with Crippen LogP contribution in [-0.4, -0.2) is 45.2 Å². The van der Waals surface area contributed by atoms with E-state index in [0.29, 0.717) is 16.7 Å². The Bertz CT molecular complexity index is 1460. The fourth-order valence-electron chi connectivity index (χ4n) is 4.29. The Balaban J connectivity index is 1.52. The summed E-state index contributed by atoms with van der Waals surface area (Å²) in [7, 11) is 3.76. The van der Waals surface area contributed by atoms with E-state index in [4.69, 9.17) is 4.74 Å². The summed E-state index contributed by atoms with van der Waals surface area (Å²) >= 11 is 0. The molecule has 2 aromatic heterocycles. The zero-order valence-corrected chi connectivity index (χ0v) is 20.1. The van der Waals surface area contributed by atoms with E-state index < -0.39 is 0 Å². The van der Waals surface area contributed by atoms with Gasteiger partial charge >= 0.3 is 0 Å². The topological polar surface area (TPSA) is 63.4 Å². The molecular formula is C29H28N4O2. The molecule has 0 atom stereocenters. The van der Waals surface area contributed by atoms with Crippen LogP contribution < -0.4 is 4.74 Å². The van der Waals surface area contributed by atoms with Gasteiger partial charge in [0.05, 0.1) is 13.3 Å². The first-order valence-electron chi connectivity index (χ1n) is 11.7. The molecule has 6 heteroatoms. The second kappa shape index (κ2) is 9.60. The molecule has 0 saturated carbocycles. The lowest BCUT2D eigenvalue weighted by Gasteiger charge is -2.17. The average Bonchev–Trinajstić information content (AvgIpc) is 3.34. The molecule has 3 aromatic carbocycles. The summed E-state index contributed by atoms with van der Waals surface area (Å²) in [5.74, 6) is 0.876. The molecule has 0 amide bonds. The maximum absolute atomic E-state index is 11.2. The van der Waals surface area contributed by atoms with Crippen molar-refractivity contribution in [1.82, 2.24) is 19.4 Å². The molecule has 0 fully saturated rings. The van der Waals surface area contributed by atoms with Crippen molar-refractivity contribution in [2.45, 2.75) is 13.5 Å². The molecule has 6 nitrogen and oxygen atoms in total. The van der Waals surface area contributed by atoms with Crippen LogP contribution >= 0.6 is 0 Å². The van der Waals surface area contributed by atoms with Gasteiger partial charge in [0.15, 0.2) is 5.75 Å². The van der Waals surface area contributed by atoms with Crippen molar-refractivity contribution in [1.29, 1.82) is 0 Å². The van der Waals surface area contributed by atoms with Gasteiger partial charge in [0.25, 0.3) is 0 Å². The number of imidazole rings is 1. The summed E-state index contributed by atoms with van der Waals surface area (Å²) in [5.41, 5.74) is 7.14. The highest BCUT2D eigenvalue weighted by Gasteiger charge is 2.16. The number of aromatic hydroxyl groups is 1. The number of methoxy groups -OCH3 is 1. The van der Waals surface area contributed by atoms with Gasteiger partial charge in [0, 0.05) is 17.8 Å². The Morgan fingerprint density at radius 1 is 0.914 bits per heavy atom. The Kier molecular flexibility index (Phi) is 6.21. The van der Waals surface area contributed by atoms with Crippen LogP contribution in [0.1, 0.15) is 12.5 Å². The number of aromatic nitrogens is 3. The lowest BCUT2D eigenvalue weighted by Crippen LogP contribution is -2.17. The molecule has 0 bridgehead atoms. The normalized spacial score (nSPS) is 11.3. The first kappa shape index (κ1) is 22.6. The van der Waals surface area contributed by atoms with Crippen molar-refractivity contribution >= 4 is 11.0 Å². The molecular weight excluding hydrogens is 436 g/mol. The lowest BCUT2D eigenvalue weighted by molar-refractivity contribution is 0.346. The average molecular weight is 465 g/mol. The van der Waals surface area contributed by atoms with Gasteiger partial charge in [-0.3, -0.25) is 4.57 Å². The molecule has 0 aliphatic rings. The highest BCUT2D eigenvalue weighted by Crippen LogP contribution is 2.36. The Morgan fingerprint density at radius 2 is 1.63 bits per heavy atom. The number of rotatable bonds is 7. The largest absolute Gasteiger partial charge is 0.504 e. The van der Waals surface area contributed by atoms with Gasteiger partial charge in [-0.15, -0.1) is 0 Å². The fourth-order valence-corrected chi connectivity index (χ4v) is 4.29. The van der Waals surface area contributed by atoms with Crippen LogP contribution in [0.4, 0.5) is 0 Å². The van der Waals surface area contributed by atoms with Crippen molar-refractivity contribution in [3.8, 4) is 39.6 Å². The Labute approximate surface area is 205 Å². The van der Waals surface area contributed by atoms with E-state index in [9.17, 15) is 5.11 Å². The summed E-state index contributed by atoms with van der Waals surface area (Å²) in [6.45, 7) is 4.05. The van der Waals surface area contributed by atoms with Gasteiger partial charge in [-0.2, -0.15) is 0 Å². The monoisotopic (exact) mass is 464 g/mol. The van der Waals surface area contributed by atoms with Gasteiger partial charge in [0.2, 0.25) is 0 Å². The second-order valence-electron chi connectivity index (χ2n) is 8.57. The highest BCUT2D eigenvalue weighted by atomic mass is 16.5. The van der Waals surface area contributed by atoms with Crippen LogP contribution in [-0.2, 0) is 6.54 Å². The van der Waals surface area contributed by atoms with E-state index >= 15 is 0 Å². The summed E-state index contributed by atoms with van der Waals surface area (Å²) in [6, 6.07) is 24.3. The Hall–Kier alpha value is -4.16. The van der Waals surface area contributed by atoms with Crippen LogP contribution in [0.5, 0.6) is 11.5 Å². The van der Waals surface area contributed by atoms with Gasteiger partial charge in [-0.1, -0.05) is 55.5 Å². The third-order valence-electron chi connectivity index (χ3n) is 6.38. The first-order chi connectivity index (χ1) is 17.1. The second-order valence-corrected chi connectivity index (χ2v) is 8.57. The molecule has 0 aliphatic heterocycles. The van der Waals surface area contributed by atoms with Crippen molar-refractivity contribution < 1.29 is 9.84 Å². The maximum atomic E-state index is 11.2. The van der Waals surface area contributed by atoms with Crippen molar-refractivity contribution in [2.24, 2.45) is 0 Å². The zero-order chi connectivity index (χ0) is 24.4.